The lowest BCUT2D eigenvalue weighted by molar-refractivity contribution is -0.117. The Morgan fingerprint density at radius 1 is 1.26 bits per heavy atom. The van der Waals surface area contributed by atoms with Crippen molar-refractivity contribution in [2.24, 2.45) is 5.14 Å². The first kappa shape index (κ1) is 22.6. The molecule has 1 amide bonds. The van der Waals surface area contributed by atoms with Crippen molar-refractivity contribution >= 4 is 15.9 Å². The second-order valence-corrected chi connectivity index (χ2v) is 7.38. The lowest BCUT2D eigenvalue weighted by atomic mass is 10.2. The van der Waals surface area contributed by atoms with E-state index in [1.54, 1.807) is 12.1 Å². The van der Waals surface area contributed by atoms with Crippen LogP contribution < -0.4 is 15.8 Å². The number of nitrogens with zero attached hydrogens (tertiary/aromatic N) is 1. The van der Waals surface area contributed by atoms with Crippen LogP contribution in [0.5, 0.6) is 0 Å². The molecular formula is C18H26N4O4S. The molecule has 0 aliphatic heterocycles. The highest BCUT2D eigenvalue weighted by Gasteiger charge is 2.08. The summed E-state index contributed by atoms with van der Waals surface area (Å²) >= 11 is 0. The van der Waals surface area contributed by atoms with Gasteiger partial charge in [-0.2, -0.15) is 5.26 Å². The maximum absolute atomic E-state index is 11.9. The summed E-state index contributed by atoms with van der Waals surface area (Å²) in [6.07, 6.45) is 4.11. The number of sulfonamides is 1. The fourth-order valence-corrected chi connectivity index (χ4v) is 2.55. The number of hydrogen-bond donors (Lipinski definition) is 3. The number of hydrogen-bond acceptors (Lipinski definition) is 6. The lowest BCUT2D eigenvalue weighted by Gasteiger charge is -2.06. The Labute approximate surface area is 160 Å². The van der Waals surface area contributed by atoms with Crippen molar-refractivity contribution in [2.75, 3.05) is 19.8 Å². The Morgan fingerprint density at radius 3 is 2.52 bits per heavy atom. The van der Waals surface area contributed by atoms with Crippen molar-refractivity contribution < 1.29 is 17.9 Å². The molecule has 0 aliphatic rings. The molecular weight excluding hydrogens is 368 g/mol. The summed E-state index contributed by atoms with van der Waals surface area (Å²) in [7, 11) is -3.72. The van der Waals surface area contributed by atoms with E-state index in [0.29, 0.717) is 26.1 Å². The first-order chi connectivity index (χ1) is 12.9. The van der Waals surface area contributed by atoms with Crippen LogP contribution in [0.25, 0.3) is 0 Å². The van der Waals surface area contributed by atoms with E-state index in [1.165, 1.54) is 18.3 Å². The number of carbonyl (C=O) groups is 1. The molecule has 0 saturated carbocycles. The van der Waals surface area contributed by atoms with Gasteiger partial charge in [0.1, 0.15) is 11.6 Å². The molecule has 0 atom stereocenters. The van der Waals surface area contributed by atoms with Crippen LogP contribution >= 0.6 is 0 Å². The fraction of sp³-hybridized carbons (Fsp3) is 0.444. The zero-order valence-corrected chi connectivity index (χ0v) is 16.2. The molecule has 148 valence electrons. The Bertz CT molecular complexity index is 768. The van der Waals surface area contributed by atoms with Crippen LogP contribution in [0.15, 0.2) is 40.9 Å². The highest BCUT2D eigenvalue weighted by Crippen LogP contribution is 2.08. The zero-order valence-electron chi connectivity index (χ0n) is 15.4. The number of unbranched alkanes of at least 4 members (excludes halogenated alkanes) is 1. The minimum Gasteiger partial charge on any atom is -0.386 e. The van der Waals surface area contributed by atoms with Crippen LogP contribution in [0, 0.1) is 11.3 Å². The van der Waals surface area contributed by atoms with Gasteiger partial charge in [-0.1, -0.05) is 25.5 Å². The minimum atomic E-state index is -3.72. The number of nitrogens with one attached hydrogen (secondary N) is 2. The predicted octanol–water partition coefficient (Wildman–Crippen LogP) is 1.15. The fourth-order valence-electron chi connectivity index (χ4n) is 2.04. The number of rotatable bonds is 12. The summed E-state index contributed by atoms with van der Waals surface area (Å²) < 4.78 is 27.8. The third-order valence-corrected chi connectivity index (χ3v) is 4.49. The summed E-state index contributed by atoms with van der Waals surface area (Å²) in [6, 6.07) is 7.85. The normalized spacial score (nSPS) is 11.7. The molecule has 0 aliphatic carbocycles. The molecule has 1 aromatic carbocycles. The van der Waals surface area contributed by atoms with E-state index < -0.39 is 15.9 Å². The Morgan fingerprint density at radius 2 is 1.93 bits per heavy atom. The maximum Gasteiger partial charge on any atom is 0.263 e. The van der Waals surface area contributed by atoms with Gasteiger partial charge in [-0.05, 0) is 30.5 Å². The van der Waals surface area contributed by atoms with Gasteiger partial charge >= 0.3 is 0 Å². The molecule has 0 fully saturated rings. The van der Waals surface area contributed by atoms with Gasteiger partial charge in [0, 0.05) is 32.5 Å². The molecule has 0 aromatic heterocycles. The third kappa shape index (κ3) is 9.19. The summed E-state index contributed by atoms with van der Waals surface area (Å²) in [6.45, 7) is 4.13. The molecule has 0 heterocycles. The Hall–Kier alpha value is -2.41. The predicted molar refractivity (Wildman–Crippen MR) is 102 cm³/mol. The van der Waals surface area contributed by atoms with Gasteiger partial charge in [0.2, 0.25) is 10.0 Å². The van der Waals surface area contributed by atoms with Crippen LogP contribution in [-0.4, -0.2) is 34.1 Å². The molecule has 4 N–H and O–H groups in total. The van der Waals surface area contributed by atoms with E-state index in [9.17, 15) is 13.2 Å². The average molecular weight is 394 g/mol. The van der Waals surface area contributed by atoms with Gasteiger partial charge in [0.05, 0.1) is 4.90 Å². The second kappa shape index (κ2) is 12.1. The van der Waals surface area contributed by atoms with Crippen molar-refractivity contribution in [2.45, 2.75) is 37.6 Å². The number of nitrogens with two attached hydrogens (primary N) is 1. The third-order valence-electron chi connectivity index (χ3n) is 3.56. The van der Waals surface area contributed by atoms with E-state index in [-0.39, 0.29) is 10.5 Å². The summed E-state index contributed by atoms with van der Waals surface area (Å²) in [5, 5.41) is 19.7. The van der Waals surface area contributed by atoms with Gasteiger partial charge in [-0.15, -0.1) is 0 Å². The number of primary sulfonamides is 1. The smallest absolute Gasteiger partial charge is 0.263 e. The minimum absolute atomic E-state index is 0.0255. The average Bonchev–Trinajstić information content (AvgIpc) is 2.64. The zero-order chi connectivity index (χ0) is 20.1. The molecule has 9 heteroatoms. The number of ether oxygens (including phenoxy) is 1. The molecule has 8 nitrogen and oxygen atoms in total. The number of carbonyl (C=O) groups excluding carboxylic acids is 1. The van der Waals surface area contributed by atoms with E-state index in [2.05, 4.69) is 17.6 Å². The molecule has 0 saturated heterocycles. The highest BCUT2D eigenvalue weighted by molar-refractivity contribution is 7.89. The van der Waals surface area contributed by atoms with Crippen molar-refractivity contribution in [3.05, 3.63) is 41.6 Å². The number of benzene rings is 1. The van der Waals surface area contributed by atoms with Crippen molar-refractivity contribution in [1.82, 2.24) is 10.6 Å². The van der Waals surface area contributed by atoms with E-state index in [0.717, 1.165) is 25.0 Å². The van der Waals surface area contributed by atoms with Crippen LogP contribution in [-0.2, 0) is 26.1 Å². The summed E-state index contributed by atoms with van der Waals surface area (Å²) in [4.78, 5) is 12.0. The molecule has 0 radical (unpaired) electrons. The second-order valence-electron chi connectivity index (χ2n) is 5.82. The van der Waals surface area contributed by atoms with Gasteiger partial charge in [0.15, 0.2) is 0 Å². The molecule has 0 unspecified atom stereocenters. The molecule has 1 rings (SSSR count). The van der Waals surface area contributed by atoms with Gasteiger partial charge in [-0.3, -0.25) is 4.79 Å². The first-order valence-electron chi connectivity index (χ1n) is 8.69. The Kier molecular flexibility index (Phi) is 10.1. The van der Waals surface area contributed by atoms with Crippen LogP contribution in [0.1, 0.15) is 31.7 Å². The SMILES string of the molecule is CCCCOCCCNC(=O)/C(C#N)=C\NCc1ccc(S(N)(=O)=O)cc1. The molecule has 27 heavy (non-hydrogen) atoms. The highest BCUT2D eigenvalue weighted by atomic mass is 32.2. The number of amides is 1. The maximum atomic E-state index is 11.9. The Balaban J connectivity index is 2.39. The van der Waals surface area contributed by atoms with Gasteiger partial charge in [0.25, 0.3) is 5.91 Å². The van der Waals surface area contributed by atoms with Crippen LogP contribution in [0.4, 0.5) is 0 Å². The van der Waals surface area contributed by atoms with Crippen molar-refractivity contribution in [3.63, 3.8) is 0 Å². The van der Waals surface area contributed by atoms with E-state index >= 15 is 0 Å². The molecule has 0 bridgehead atoms. The molecule has 0 spiro atoms. The van der Waals surface area contributed by atoms with Crippen molar-refractivity contribution in [1.29, 1.82) is 5.26 Å². The van der Waals surface area contributed by atoms with Crippen LogP contribution in [0.2, 0.25) is 0 Å². The largest absolute Gasteiger partial charge is 0.386 e. The van der Waals surface area contributed by atoms with Crippen molar-refractivity contribution in [3.8, 4) is 6.07 Å². The van der Waals surface area contributed by atoms with Gasteiger partial charge in [-0.25, -0.2) is 13.6 Å². The lowest BCUT2D eigenvalue weighted by Crippen LogP contribution is -2.27. The van der Waals surface area contributed by atoms with E-state index in [1.807, 2.05) is 6.07 Å². The number of nitriles is 1. The molecule has 1 aromatic rings. The first-order valence-corrected chi connectivity index (χ1v) is 10.2. The topological polar surface area (TPSA) is 134 Å². The van der Waals surface area contributed by atoms with Gasteiger partial charge < -0.3 is 15.4 Å². The quantitative estimate of drug-likeness (QED) is 0.277. The summed E-state index contributed by atoms with van der Waals surface area (Å²) in [5.74, 6) is -0.455. The monoisotopic (exact) mass is 394 g/mol. The standard InChI is InChI=1S/C18H26N4O4S/c1-2-3-10-26-11-4-9-22-18(23)16(12-19)14-21-13-15-5-7-17(8-6-15)27(20,24)25/h5-8,14,21H,2-4,9-11,13H2,1H3,(H,22,23)(H2,20,24,25)/b16-14-. The summed E-state index contributed by atoms with van der Waals surface area (Å²) in [5.41, 5.74) is 0.739. The van der Waals surface area contributed by atoms with E-state index in [4.69, 9.17) is 15.1 Å². The van der Waals surface area contributed by atoms with Crippen LogP contribution in [0.3, 0.4) is 0 Å².